The fourth-order valence-corrected chi connectivity index (χ4v) is 4.13. The highest BCUT2D eigenvalue weighted by Crippen LogP contribution is 2.40. The molecule has 47 heavy (non-hydrogen) atoms. The molecule has 0 spiro atoms. The summed E-state index contributed by atoms with van der Waals surface area (Å²) in [6.45, 7) is 12.7. The van der Waals surface area contributed by atoms with Crippen molar-refractivity contribution in [3.05, 3.63) is 65.5 Å². The van der Waals surface area contributed by atoms with Crippen LogP contribution in [0.25, 0.3) is 0 Å². The van der Waals surface area contributed by atoms with Crippen molar-refractivity contribution in [2.24, 2.45) is 0 Å². The summed E-state index contributed by atoms with van der Waals surface area (Å²) in [5, 5.41) is 24.1. The van der Waals surface area contributed by atoms with E-state index in [0.29, 0.717) is 52.2 Å². The lowest BCUT2D eigenvalue weighted by molar-refractivity contribution is 0.324. The zero-order chi connectivity index (χ0) is 33.5. The van der Waals surface area contributed by atoms with Crippen molar-refractivity contribution in [2.75, 3.05) is 37.3 Å². The molecular formula is C32H44ClN11O3. The largest absolute Gasteiger partial charge is 0.493 e. The molecule has 5 N–H and O–H groups in total. The Morgan fingerprint density at radius 2 is 1.13 bits per heavy atom. The summed E-state index contributed by atoms with van der Waals surface area (Å²) in [7, 11) is 4.70. The van der Waals surface area contributed by atoms with Gasteiger partial charge >= 0.3 is 0 Å². The Morgan fingerprint density at radius 1 is 0.638 bits per heavy atom. The van der Waals surface area contributed by atoms with Gasteiger partial charge in [0.2, 0.25) is 17.0 Å². The number of hydrogen-bond donors (Lipinski definition) is 5. The van der Waals surface area contributed by atoms with Crippen molar-refractivity contribution in [3.63, 3.8) is 0 Å². The molecule has 0 aliphatic carbocycles. The summed E-state index contributed by atoms with van der Waals surface area (Å²) >= 11 is 5.70. The third-order valence-corrected chi connectivity index (χ3v) is 6.67. The van der Waals surface area contributed by atoms with Gasteiger partial charge < -0.3 is 30.2 Å². The zero-order valence-electron chi connectivity index (χ0n) is 27.4. The standard InChI is InChI=1S/C20H26N6O3.C11H14ClN5.CH4/c1-20(2,3)15-11-17(26-25-15)23-16-7-8-21-19(24-16)22-12-9-13(27-4)18(29-6)14(10-12)28-5;1-11(2,3)7-6-9(17-16-7)14-8-4-5-13-10(12)15-8;/h7-11H,1-6H3,(H3,21,22,23,24,25,26);4-6H,1-3H3,(H2,13,14,15,16,17);1H4. The van der Waals surface area contributed by atoms with Crippen LogP contribution in [0, 0.1) is 0 Å². The number of rotatable bonds is 9. The number of ether oxygens (including phenoxy) is 3. The maximum absolute atomic E-state index is 5.70. The first-order chi connectivity index (χ1) is 21.8. The SMILES string of the molecule is C.CC(C)(C)c1cc(Nc2ccnc(Cl)n2)n[nH]1.COc1cc(Nc2nccc(Nc3cc(C(C)(C)C)[nH]n3)n2)cc(OC)c1OC. The second-order valence-electron chi connectivity index (χ2n) is 12.1. The van der Waals surface area contributed by atoms with Crippen LogP contribution in [0.5, 0.6) is 17.2 Å². The van der Waals surface area contributed by atoms with E-state index in [1.165, 1.54) is 0 Å². The molecule has 0 aliphatic heterocycles. The molecule has 0 unspecified atom stereocenters. The summed E-state index contributed by atoms with van der Waals surface area (Å²) < 4.78 is 16.1. The second kappa shape index (κ2) is 15.5. The van der Waals surface area contributed by atoms with Crippen molar-refractivity contribution in [1.82, 2.24) is 40.3 Å². The van der Waals surface area contributed by atoms with E-state index in [-0.39, 0.29) is 23.5 Å². The predicted molar refractivity (Wildman–Crippen MR) is 186 cm³/mol. The molecule has 1 aromatic carbocycles. The van der Waals surface area contributed by atoms with Crippen molar-refractivity contribution in [1.29, 1.82) is 0 Å². The van der Waals surface area contributed by atoms with Crippen molar-refractivity contribution in [3.8, 4) is 17.2 Å². The quantitative estimate of drug-likeness (QED) is 0.0980. The van der Waals surface area contributed by atoms with Crippen LogP contribution < -0.4 is 30.2 Å². The summed E-state index contributed by atoms with van der Waals surface area (Å²) in [6.07, 6.45) is 3.25. The molecule has 5 aromatic rings. The number of aromatic nitrogens is 8. The Balaban J connectivity index is 0.000000284. The lowest BCUT2D eigenvalue weighted by atomic mass is 9.92. The van der Waals surface area contributed by atoms with E-state index in [4.69, 9.17) is 25.8 Å². The van der Waals surface area contributed by atoms with E-state index in [0.717, 1.165) is 11.4 Å². The van der Waals surface area contributed by atoms with Crippen LogP contribution in [0.3, 0.4) is 0 Å². The van der Waals surface area contributed by atoms with Crippen LogP contribution in [0.1, 0.15) is 60.4 Å². The molecule has 252 valence electrons. The van der Waals surface area contributed by atoms with Crippen LogP contribution in [0.15, 0.2) is 48.8 Å². The van der Waals surface area contributed by atoms with Gasteiger partial charge in [-0.2, -0.15) is 15.2 Å². The summed E-state index contributed by atoms with van der Waals surface area (Å²) in [5.74, 6) is 4.64. The first-order valence-electron chi connectivity index (χ1n) is 14.3. The fourth-order valence-electron chi connectivity index (χ4n) is 3.98. The molecule has 0 saturated carbocycles. The molecular weight excluding hydrogens is 622 g/mol. The number of methoxy groups -OCH3 is 3. The van der Waals surface area contributed by atoms with Crippen LogP contribution in [-0.2, 0) is 10.8 Å². The minimum Gasteiger partial charge on any atom is -0.493 e. The molecule has 0 bridgehead atoms. The number of benzene rings is 1. The molecule has 0 radical (unpaired) electrons. The maximum atomic E-state index is 5.70. The van der Waals surface area contributed by atoms with Crippen molar-refractivity contribution in [2.45, 2.75) is 59.8 Å². The van der Waals surface area contributed by atoms with Gasteiger partial charge in [-0.25, -0.2) is 15.0 Å². The van der Waals surface area contributed by atoms with Gasteiger partial charge in [-0.1, -0.05) is 49.0 Å². The number of halogens is 1. The number of hydrogen-bond acceptors (Lipinski definition) is 12. The second-order valence-corrected chi connectivity index (χ2v) is 12.4. The zero-order valence-corrected chi connectivity index (χ0v) is 28.2. The molecule has 5 rings (SSSR count). The number of nitrogens with zero attached hydrogens (tertiary/aromatic N) is 6. The Hall–Kier alpha value is -5.11. The number of H-pyrrole nitrogens is 2. The average molecular weight is 666 g/mol. The van der Waals surface area contributed by atoms with Crippen LogP contribution in [0.4, 0.5) is 34.9 Å². The lowest BCUT2D eigenvalue weighted by Gasteiger charge is -2.15. The Morgan fingerprint density at radius 3 is 1.55 bits per heavy atom. The third-order valence-electron chi connectivity index (χ3n) is 6.49. The van der Waals surface area contributed by atoms with Gasteiger partial charge in [-0.15, -0.1) is 0 Å². The molecule has 0 fully saturated rings. The smallest absolute Gasteiger partial charge is 0.229 e. The lowest BCUT2D eigenvalue weighted by Crippen LogP contribution is -2.11. The van der Waals surface area contributed by atoms with E-state index in [9.17, 15) is 0 Å². The first kappa shape index (κ1) is 36.4. The normalized spacial score (nSPS) is 11.0. The Kier molecular flexibility index (Phi) is 12.0. The molecule has 4 aromatic heterocycles. The monoisotopic (exact) mass is 665 g/mol. The Bertz CT molecular complexity index is 1720. The van der Waals surface area contributed by atoms with E-state index in [2.05, 4.69) is 97.8 Å². The molecule has 0 aliphatic rings. The van der Waals surface area contributed by atoms with Gasteiger partial charge in [0, 0.05) is 64.6 Å². The van der Waals surface area contributed by atoms with Crippen molar-refractivity contribution < 1.29 is 14.2 Å². The van der Waals surface area contributed by atoms with E-state index >= 15 is 0 Å². The molecule has 14 nitrogen and oxygen atoms in total. The van der Waals surface area contributed by atoms with E-state index in [1.54, 1.807) is 58.0 Å². The fraction of sp³-hybridized carbons (Fsp3) is 0.375. The predicted octanol–water partition coefficient (Wildman–Crippen LogP) is 7.54. The van der Waals surface area contributed by atoms with Gasteiger partial charge in [0.05, 0.1) is 21.3 Å². The van der Waals surface area contributed by atoms with Crippen LogP contribution >= 0.6 is 11.6 Å². The Labute approximate surface area is 280 Å². The topological polar surface area (TPSA) is 173 Å². The van der Waals surface area contributed by atoms with Gasteiger partial charge in [0.1, 0.15) is 11.6 Å². The highest BCUT2D eigenvalue weighted by molar-refractivity contribution is 6.28. The minimum absolute atomic E-state index is 0. The molecule has 0 amide bonds. The van der Waals surface area contributed by atoms with Gasteiger partial charge in [-0.05, 0) is 23.7 Å². The van der Waals surface area contributed by atoms with Gasteiger partial charge in [0.15, 0.2) is 23.1 Å². The van der Waals surface area contributed by atoms with Gasteiger partial charge in [0.25, 0.3) is 0 Å². The molecule has 4 heterocycles. The first-order valence-corrected chi connectivity index (χ1v) is 14.7. The maximum Gasteiger partial charge on any atom is 0.229 e. The van der Waals surface area contributed by atoms with Crippen LogP contribution in [-0.4, -0.2) is 61.7 Å². The number of anilines is 6. The summed E-state index contributed by atoms with van der Waals surface area (Å²) in [5.41, 5.74) is 2.81. The molecule has 0 saturated heterocycles. The van der Waals surface area contributed by atoms with E-state index in [1.807, 2.05) is 12.1 Å². The average Bonchev–Trinajstić information content (AvgIpc) is 3.67. The van der Waals surface area contributed by atoms with Crippen molar-refractivity contribution >= 4 is 46.5 Å². The van der Waals surface area contributed by atoms with E-state index < -0.39 is 0 Å². The highest BCUT2D eigenvalue weighted by Gasteiger charge is 2.18. The number of aromatic amines is 2. The highest BCUT2D eigenvalue weighted by atomic mass is 35.5. The minimum atomic E-state index is -0.0161. The molecule has 15 heteroatoms. The summed E-state index contributed by atoms with van der Waals surface area (Å²) in [4.78, 5) is 16.6. The third kappa shape index (κ3) is 9.94. The molecule has 0 atom stereocenters. The number of nitrogens with one attached hydrogen (secondary N) is 5. The summed E-state index contributed by atoms with van der Waals surface area (Å²) in [6, 6.07) is 11.0. The van der Waals surface area contributed by atoms with Gasteiger partial charge in [-0.3, -0.25) is 10.2 Å². The van der Waals surface area contributed by atoms with Crippen LogP contribution in [0.2, 0.25) is 5.28 Å².